The molecule has 1 aromatic heterocycles. The van der Waals surface area contributed by atoms with Crippen molar-refractivity contribution in [1.82, 2.24) is 4.98 Å². The number of pyridine rings is 1. The Bertz CT molecular complexity index is 529. The SMILES string of the molecule is COc1ccc(-c2ccncc2CN)cc1Br. The first-order chi connectivity index (χ1) is 8.26. The highest BCUT2D eigenvalue weighted by Crippen LogP contribution is 2.31. The molecule has 0 bridgehead atoms. The van der Waals surface area contributed by atoms with Crippen molar-refractivity contribution in [2.75, 3.05) is 7.11 Å². The number of aromatic nitrogens is 1. The second-order valence-electron chi connectivity index (χ2n) is 3.59. The minimum Gasteiger partial charge on any atom is -0.496 e. The smallest absolute Gasteiger partial charge is 0.133 e. The summed E-state index contributed by atoms with van der Waals surface area (Å²) in [5.41, 5.74) is 8.94. The first kappa shape index (κ1) is 12.1. The van der Waals surface area contributed by atoms with Crippen molar-refractivity contribution in [1.29, 1.82) is 0 Å². The average molecular weight is 293 g/mol. The Morgan fingerprint density at radius 1 is 1.35 bits per heavy atom. The summed E-state index contributed by atoms with van der Waals surface area (Å²) < 4.78 is 6.14. The molecule has 0 saturated heterocycles. The van der Waals surface area contributed by atoms with Gasteiger partial charge in [0.2, 0.25) is 0 Å². The van der Waals surface area contributed by atoms with E-state index in [1.807, 2.05) is 24.3 Å². The highest BCUT2D eigenvalue weighted by molar-refractivity contribution is 9.10. The van der Waals surface area contributed by atoms with E-state index in [0.717, 1.165) is 26.9 Å². The molecule has 0 radical (unpaired) electrons. The van der Waals surface area contributed by atoms with Gasteiger partial charge < -0.3 is 10.5 Å². The van der Waals surface area contributed by atoms with Gasteiger partial charge in [-0.15, -0.1) is 0 Å². The van der Waals surface area contributed by atoms with Gasteiger partial charge in [0.25, 0.3) is 0 Å². The quantitative estimate of drug-likeness (QED) is 0.946. The zero-order chi connectivity index (χ0) is 12.3. The van der Waals surface area contributed by atoms with Gasteiger partial charge in [0.15, 0.2) is 0 Å². The number of halogens is 1. The van der Waals surface area contributed by atoms with E-state index in [4.69, 9.17) is 10.5 Å². The molecule has 17 heavy (non-hydrogen) atoms. The molecular formula is C13H13BrN2O. The second-order valence-corrected chi connectivity index (χ2v) is 4.44. The molecule has 0 aliphatic carbocycles. The van der Waals surface area contributed by atoms with Crippen molar-refractivity contribution < 1.29 is 4.74 Å². The number of hydrogen-bond donors (Lipinski definition) is 1. The van der Waals surface area contributed by atoms with Crippen LogP contribution in [0.15, 0.2) is 41.1 Å². The molecule has 0 aliphatic rings. The van der Waals surface area contributed by atoms with Crippen LogP contribution in [0, 0.1) is 0 Å². The van der Waals surface area contributed by atoms with Crippen molar-refractivity contribution >= 4 is 15.9 Å². The summed E-state index contributed by atoms with van der Waals surface area (Å²) >= 11 is 3.48. The number of hydrogen-bond acceptors (Lipinski definition) is 3. The molecule has 0 saturated carbocycles. The summed E-state index contributed by atoms with van der Waals surface area (Å²) in [6.45, 7) is 0.479. The van der Waals surface area contributed by atoms with E-state index in [-0.39, 0.29) is 0 Å². The maximum Gasteiger partial charge on any atom is 0.133 e. The lowest BCUT2D eigenvalue weighted by molar-refractivity contribution is 0.412. The lowest BCUT2D eigenvalue weighted by atomic mass is 10.0. The van der Waals surface area contributed by atoms with Crippen LogP contribution in [0.5, 0.6) is 5.75 Å². The molecule has 4 heteroatoms. The molecule has 0 atom stereocenters. The van der Waals surface area contributed by atoms with Crippen LogP contribution in [0.3, 0.4) is 0 Å². The molecule has 2 N–H and O–H groups in total. The fraction of sp³-hybridized carbons (Fsp3) is 0.154. The monoisotopic (exact) mass is 292 g/mol. The minimum atomic E-state index is 0.479. The molecule has 0 amide bonds. The molecule has 2 rings (SSSR count). The molecule has 0 aliphatic heterocycles. The van der Waals surface area contributed by atoms with Gasteiger partial charge in [0, 0.05) is 18.9 Å². The normalized spacial score (nSPS) is 10.3. The minimum absolute atomic E-state index is 0.479. The first-order valence-electron chi connectivity index (χ1n) is 5.23. The topological polar surface area (TPSA) is 48.1 Å². The van der Waals surface area contributed by atoms with Crippen LogP contribution in [-0.2, 0) is 6.54 Å². The molecule has 2 aromatic rings. The third-order valence-corrected chi connectivity index (χ3v) is 3.21. The fourth-order valence-electron chi connectivity index (χ4n) is 1.71. The van der Waals surface area contributed by atoms with Crippen molar-refractivity contribution in [3.63, 3.8) is 0 Å². The third kappa shape index (κ3) is 2.48. The zero-order valence-electron chi connectivity index (χ0n) is 9.48. The van der Waals surface area contributed by atoms with E-state index in [9.17, 15) is 0 Å². The summed E-state index contributed by atoms with van der Waals surface area (Å²) in [6.07, 6.45) is 3.57. The van der Waals surface area contributed by atoms with Gasteiger partial charge in [0.1, 0.15) is 5.75 Å². The maximum absolute atomic E-state index is 5.71. The third-order valence-electron chi connectivity index (χ3n) is 2.59. The molecular weight excluding hydrogens is 280 g/mol. The largest absolute Gasteiger partial charge is 0.496 e. The van der Waals surface area contributed by atoms with Crippen molar-refractivity contribution in [3.8, 4) is 16.9 Å². The lowest BCUT2D eigenvalue weighted by Gasteiger charge is -2.09. The van der Waals surface area contributed by atoms with E-state index < -0.39 is 0 Å². The van der Waals surface area contributed by atoms with Gasteiger partial charge in [-0.2, -0.15) is 0 Å². The van der Waals surface area contributed by atoms with Gasteiger partial charge in [0.05, 0.1) is 11.6 Å². The number of methoxy groups -OCH3 is 1. The Hall–Kier alpha value is -1.39. The molecule has 0 unspecified atom stereocenters. The van der Waals surface area contributed by atoms with Gasteiger partial charge in [-0.1, -0.05) is 6.07 Å². The fourth-order valence-corrected chi connectivity index (χ4v) is 2.25. The highest BCUT2D eigenvalue weighted by Gasteiger charge is 2.06. The number of nitrogens with zero attached hydrogens (tertiary/aromatic N) is 1. The van der Waals surface area contributed by atoms with Crippen molar-refractivity contribution in [3.05, 3.63) is 46.7 Å². The standard InChI is InChI=1S/C13H13BrN2O/c1-17-13-3-2-9(6-12(13)14)11-4-5-16-8-10(11)7-15/h2-6,8H,7,15H2,1H3. The van der Waals surface area contributed by atoms with Crippen LogP contribution in [0.4, 0.5) is 0 Å². The predicted molar refractivity (Wildman–Crippen MR) is 71.8 cm³/mol. The highest BCUT2D eigenvalue weighted by atomic mass is 79.9. The van der Waals surface area contributed by atoms with Gasteiger partial charge in [-0.05, 0) is 50.8 Å². The number of benzene rings is 1. The molecule has 0 spiro atoms. The number of nitrogens with two attached hydrogens (primary N) is 1. The van der Waals surface area contributed by atoms with E-state index >= 15 is 0 Å². The molecule has 1 aromatic carbocycles. The van der Waals surface area contributed by atoms with Crippen LogP contribution in [-0.4, -0.2) is 12.1 Å². The summed E-state index contributed by atoms with van der Waals surface area (Å²) in [5, 5.41) is 0. The van der Waals surface area contributed by atoms with E-state index in [1.165, 1.54) is 0 Å². The number of ether oxygens (including phenoxy) is 1. The molecule has 88 valence electrons. The lowest BCUT2D eigenvalue weighted by Crippen LogP contribution is -1.99. The molecule has 3 nitrogen and oxygen atoms in total. The Morgan fingerprint density at radius 3 is 2.82 bits per heavy atom. The maximum atomic E-state index is 5.71. The van der Waals surface area contributed by atoms with Gasteiger partial charge in [-0.3, -0.25) is 4.98 Å². The van der Waals surface area contributed by atoms with E-state index in [0.29, 0.717) is 6.54 Å². The van der Waals surface area contributed by atoms with Crippen LogP contribution in [0.2, 0.25) is 0 Å². The van der Waals surface area contributed by atoms with Crippen LogP contribution >= 0.6 is 15.9 Å². The van der Waals surface area contributed by atoms with Crippen LogP contribution in [0.1, 0.15) is 5.56 Å². The van der Waals surface area contributed by atoms with E-state index in [1.54, 1.807) is 19.5 Å². The van der Waals surface area contributed by atoms with Crippen LogP contribution < -0.4 is 10.5 Å². The Kier molecular flexibility index (Phi) is 3.76. The Morgan fingerprint density at radius 2 is 2.18 bits per heavy atom. The predicted octanol–water partition coefficient (Wildman–Crippen LogP) is 2.98. The molecule has 1 heterocycles. The summed E-state index contributed by atoms with van der Waals surface area (Å²) in [5.74, 6) is 0.817. The summed E-state index contributed by atoms with van der Waals surface area (Å²) in [4.78, 5) is 4.08. The van der Waals surface area contributed by atoms with Gasteiger partial charge in [-0.25, -0.2) is 0 Å². The first-order valence-corrected chi connectivity index (χ1v) is 6.02. The summed E-state index contributed by atoms with van der Waals surface area (Å²) in [7, 11) is 1.65. The molecule has 0 fully saturated rings. The number of rotatable bonds is 3. The van der Waals surface area contributed by atoms with Gasteiger partial charge >= 0.3 is 0 Å². The Balaban J connectivity index is 2.49. The van der Waals surface area contributed by atoms with Crippen LogP contribution in [0.25, 0.3) is 11.1 Å². The van der Waals surface area contributed by atoms with E-state index in [2.05, 4.69) is 20.9 Å². The Labute approximate surface area is 109 Å². The summed E-state index contributed by atoms with van der Waals surface area (Å²) in [6, 6.07) is 7.93. The van der Waals surface area contributed by atoms with Crippen molar-refractivity contribution in [2.45, 2.75) is 6.54 Å². The average Bonchev–Trinajstić information content (AvgIpc) is 2.38. The van der Waals surface area contributed by atoms with Crippen molar-refractivity contribution in [2.24, 2.45) is 5.73 Å². The zero-order valence-corrected chi connectivity index (χ0v) is 11.1. The second kappa shape index (κ2) is 5.29.